The van der Waals surface area contributed by atoms with Crippen LogP contribution >= 0.6 is 0 Å². The van der Waals surface area contributed by atoms with Gasteiger partial charge in [-0.3, -0.25) is 9.23 Å². The predicted octanol–water partition coefficient (Wildman–Crippen LogP) is 6.99. The van der Waals surface area contributed by atoms with Crippen LogP contribution in [0.1, 0.15) is 41.1 Å². The van der Waals surface area contributed by atoms with Crippen LogP contribution in [0.4, 0.5) is 13.2 Å². The molecule has 0 bridgehead atoms. The van der Waals surface area contributed by atoms with E-state index >= 15 is 0 Å². The number of nitrogens with zero attached hydrogens (tertiary/aromatic N) is 4. The third-order valence-electron chi connectivity index (χ3n) is 6.15. The van der Waals surface area contributed by atoms with E-state index in [4.69, 9.17) is 13.7 Å². The first-order chi connectivity index (χ1) is 21.1. The fraction of sp³-hybridized carbons (Fsp3) is 0.194. The summed E-state index contributed by atoms with van der Waals surface area (Å²) in [5, 5.41) is 7.75. The summed E-state index contributed by atoms with van der Waals surface area (Å²) < 4.78 is 80.1. The van der Waals surface area contributed by atoms with Gasteiger partial charge in [-0.1, -0.05) is 47.7 Å². The zero-order chi connectivity index (χ0) is 31.4. The molecule has 0 aliphatic rings. The Morgan fingerprint density at radius 3 is 2.27 bits per heavy atom. The molecule has 0 aliphatic carbocycles. The number of aromatic nitrogens is 4. The maximum atomic E-state index is 12.6. The quantitative estimate of drug-likeness (QED) is 0.123. The van der Waals surface area contributed by atoms with E-state index < -0.39 is 21.9 Å². The zero-order valence-corrected chi connectivity index (χ0v) is 24.2. The molecule has 0 atom stereocenters. The molecule has 0 unspecified atom stereocenters. The van der Waals surface area contributed by atoms with E-state index in [1.165, 1.54) is 36.1 Å². The molecule has 3 aromatic carbocycles. The number of rotatable bonds is 11. The molecular weight excluding hydrogens is 597 g/mol. The molecule has 9 nitrogen and oxygen atoms in total. The van der Waals surface area contributed by atoms with Crippen LogP contribution in [-0.4, -0.2) is 32.9 Å². The van der Waals surface area contributed by atoms with Gasteiger partial charge in [-0.05, 0) is 72.9 Å². The third kappa shape index (κ3) is 10.5. The fourth-order valence-corrected chi connectivity index (χ4v) is 4.37. The van der Waals surface area contributed by atoms with Gasteiger partial charge in [0.1, 0.15) is 24.3 Å². The van der Waals surface area contributed by atoms with Crippen LogP contribution in [0.15, 0.2) is 107 Å². The highest BCUT2D eigenvalue weighted by Crippen LogP contribution is 2.29. The van der Waals surface area contributed by atoms with Crippen molar-refractivity contribution in [2.45, 2.75) is 43.5 Å². The number of hydrogen-bond donors (Lipinski definition) is 1. The van der Waals surface area contributed by atoms with Crippen molar-refractivity contribution in [2.24, 2.45) is 0 Å². The van der Waals surface area contributed by atoms with Crippen LogP contribution < -0.4 is 4.74 Å². The second kappa shape index (κ2) is 15.1. The second-order valence-electron chi connectivity index (χ2n) is 9.47. The van der Waals surface area contributed by atoms with Crippen molar-refractivity contribution >= 4 is 22.3 Å². The molecule has 0 saturated carbocycles. The van der Waals surface area contributed by atoms with E-state index in [0.29, 0.717) is 17.1 Å². The summed E-state index contributed by atoms with van der Waals surface area (Å²) >= 11 is 0. The summed E-state index contributed by atoms with van der Waals surface area (Å²) in [6.45, 7) is 1.11. The van der Waals surface area contributed by atoms with E-state index in [9.17, 15) is 21.6 Å². The smallest absolute Gasteiger partial charge is 0.416 e. The van der Waals surface area contributed by atoms with Crippen molar-refractivity contribution < 1.29 is 35.3 Å². The van der Waals surface area contributed by atoms with Crippen molar-refractivity contribution in [2.75, 3.05) is 0 Å². The van der Waals surface area contributed by atoms with Crippen LogP contribution in [0, 0.1) is 0 Å². The Hall–Kier alpha value is -4.75. The highest BCUT2D eigenvalue weighted by atomic mass is 32.2. The van der Waals surface area contributed by atoms with Crippen molar-refractivity contribution in [1.82, 2.24) is 20.0 Å². The topological polar surface area (TPSA) is 120 Å². The Morgan fingerprint density at radius 2 is 1.66 bits per heavy atom. The number of ether oxygens (including phenoxy) is 1. The average molecular weight is 627 g/mol. The van der Waals surface area contributed by atoms with Crippen molar-refractivity contribution in [1.29, 1.82) is 0 Å². The molecule has 44 heavy (non-hydrogen) atoms. The number of alkyl halides is 3. The van der Waals surface area contributed by atoms with Gasteiger partial charge in [-0.2, -0.15) is 21.6 Å². The second-order valence-corrected chi connectivity index (χ2v) is 10.9. The molecule has 0 fully saturated rings. The minimum atomic E-state index is -4.35. The first-order valence-electron chi connectivity index (χ1n) is 13.4. The molecular formula is C31H29F3N4O5S. The van der Waals surface area contributed by atoms with Gasteiger partial charge < -0.3 is 9.15 Å². The van der Waals surface area contributed by atoms with Gasteiger partial charge in [0.15, 0.2) is 0 Å². The first-order valence-corrected chi connectivity index (χ1v) is 14.9. The number of halogens is 3. The molecule has 2 aromatic heterocycles. The number of oxazole rings is 1. The summed E-state index contributed by atoms with van der Waals surface area (Å²) in [5.41, 5.74) is 1.78. The molecule has 2 heterocycles. The van der Waals surface area contributed by atoms with Gasteiger partial charge in [-0.15, -0.1) is 5.10 Å². The van der Waals surface area contributed by atoms with Crippen LogP contribution in [0.25, 0.3) is 12.2 Å². The SMILES string of the molecule is FC(F)(F)c1ccc(/C=C/c2nc(COc3ccc(CCCCn4ccnn4)cc3)co2)cc1.O=S(=O)(O)c1ccccc1. The van der Waals surface area contributed by atoms with Crippen LogP contribution in [0.2, 0.25) is 0 Å². The summed E-state index contributed by atoms with van der Waals surface area (Å²) in [6, 6.07) is 20.2. The number of benzene rings is 3. The van der Waals surface area contributed by atoms with E-state index in [-0.39, 0.29) is 11.5 Å². The van der Waals surface area contributed by atoms with Gasteiger partial charge in [0.25, 0.3) is 10.1 Å². The highest BCUT2D eigenvalue weighted by Gasteiger charge is 2.29. The highest BCUT2D eigenvalue weighted by molar-refractivity contribution is 7.85. The Morgan fingerprint density at radius 1 is 0.932 bits per heavy atom. The van der Waals surface area contributed by atoms with Crippen LogP contribution in [0.3, 0.4) is 0 Å². The lowest BCUT2D eigenvalue weighted by Gasteiger charge is -2.06. The van der Waals surface area contributed by atoms with Gasteiger partial charge in [0.05, 0.1) is 16.7 Å². The van der Waals surface area contributed by atoms with E-state index in [0.717, 1.165) is 43.7 Å². The normalized spacial score (nSPS) is 11.7. The van der Waals surface area contributed by atoms with Crippen molar-refractivity contribution in [3.8, 4) is 5.75 Å². The maximum Gasteiger partial charge on any atom is 0.416 e. The molecule has 0 aliphatic heterocycles. The summed E-state index contributed by atoms with van der Waals surface area (Å²) in [4.78, 5) is 4.24. The number of hydrogen-bond acceptors (Lipinski definition) is 7. The van der Waals surface area contributed by atoms with Gasteiger partial charge >= 0.3 is 6.18 Å². The Labute approximate surface area is 252 Å². The van der Waals surface area contributed by atoms with Gasteiger partial charge in [0, 0.05) is 18.8 Å². The first kappa shape index (κ1) is 32.2. The Bertz CT molecular complexity index is 1700. The lowest BCUT2D eigenvalue weighted by atomic mass is 10.1. The molecule has 0 amide bonds. The molecule has 0 saturated heterocycles. The molecule has 5 aromatic rings. The molecule has 0 radical (unpaired) electrons. The van der Waals surface area contributed by atoms with E-state index in [1.807, 2.05) is 35.1 Å². The third-order valence-corrected chi connectivity index (χ3v) is 7.02. The predicted molar refractivity (Wildman–Crippen MR) is 157 cm³/mol. The lowest BCUT2D eigenvalue weighted by molar-refractivity contribution is -0.137. The Kier molecular flexibility index (Phi) is 11.1. The Balaban J connectivity index is 0.000000375. The molecule has 5 rings (SSSR count). The molecule has 1 N–H and O–H groups in total. The van der Waals surface area contributed by atoms with Crippen molar-refractivity contribution in [3.63, 3.8) is 0 Å². The summed E-state index contributed by atoms with van der Waals surface area (Å²) in [6.07, 6.45) is 7.00. The average Bonchev–Trinajstić information content (AvgIpc) is 3.70. The minimum Gasteiger partial charge on any atom is -0.487 e. The summed E-state index contributed by atoms with van der Waals surface area (Å²) in [7, 11) is -4.00. The zero-order valence-electron chi connectivity index (χ0n) is 23.3. The lowest BCUT2D eigenvalue weighted by Crippen LogP contribution is -2.03. The van der Waals surface area contributed by atoms with Gasteiger partial charge in [-0.25, -0.2) is 4.98 Å². The summed E-state index contributed by atoms with van der Waals surface area (Å²) in [5.74, 6) is 1.08. The maximum absolute atomic E-state index is 12.6. The van der Waals surface area contributed by atoms with Crippen molar-refractivity contribution in [3.05, 3.63) is 126 Å². The van der Waals surface area contributed by atoms with Crippen LogP contribution in [0.5, 0.6) is 5.75 Å². The molecule has 0 spiro atoms. The van der Waals surface area contributed by atoms with E-state index in [2.05, 4.69) is 15.3 Å². The molecule has 230 valence electrons. The number of unbranched alkanes of at least 4 members (excludes halogenated alkanes) is 1. The minimum absolute atomic E-state index is 0.0741. The number of aryl methyl sites for hydroxylation is 2. The van der Waals surface area contributed by atoms with Crippen LogP contribution in [-0.2, 0) is 35.9 Å². The van der Waals surface area contributed by atoms with Gasteiger partial charge in [0.2, 0.25) is 5.89 Å². The standard InChI is InChI=1S/C25H23F3N4O2.C6H6O3S/c26-25(27,28)21-9-4-20(5-10-21)8-13-24-30-22(18-34-24)17-33-23-11-6-19(7-12-23)3-1-2-15-32-16-14-29-31-32;7-10(8,9)6-4-2-1-3-5-6/h4-14,16,18H,1-3,15,17H2;1-5H,(H,7,8,9)/b13-8+;. The largest absolute Gasteiger partial charge is 0.487 e. The molecule has 13 heteroatoms. The monoisotopic (exact) mass is 626 g/mol. The van der Waals surface area contributed by atoms with E-state index in [1.54, 1.807) is 36.5 Å². The fourth-order valence-electron chi connectivity index (χ4n) is 3.87.